The van der Waals surface area contributed by atoms with Crippen LogP contribution < -0.4 is 5.32 Å². The van der Waals surface area contributed by atoms with E-state index in [0.29, 0.717) is 19.8 Å². The maximum absolute atomic E-state index is 11.7. The Morgan fingerprint density at radius 2 is 2.17 bits per heavy atom. The average molecular weight is 249 g/mol. The Bertz CT molecular complexity index is 452. The highest BCUT2D eigenvalue weighted by atomic mass is 16.5. The van der Waals surface area contributed by atoms with Gasteiger partial charge in [0.15, 0.2) is 0 Å². The summed E-state index contributed by atoms with van der Waals surface area (Å²) in [4.78, 5) is 11.7. The largest absolute Gasteiger partial charge is 0.468 e. The third-order valence-electron chi connectivity index (χ3n) is 3.60. The quantitative estimate of drug-likeness (QED) is 0.828. The second kappa shape index (κ2) is 4.98. The molecule has 1 fully saturated rings. The van der Waals surface area contributed by atoms with E-state index in [2.05, 4.69) is 25.2 Å². The van der Waals surface area contributed by atoms with Crippen LogP contribution in [-0.2, 0) is 14.3 Å². The lowest BCUT2D eigenvalue weighted by Crippen LogP contribution is -2.54. The second-order valence-corrected chi connectivity index (χ2v) is 4.87. The minimum Gasteiger partial charge on any atom is -0.468 e. The molecular weight excluding hydrogens is 230 g/mol. The van der Waals surface area contributed by atoms with Crippen molar-refractivity contribution in [2.45, 2.75) is 13.8 Å². The Labute approximate surface area is 107 Å². The van der Waals surface area contributed by atoms with Crippen molar-refractivity contribution in [3.8, 4) is 0 Å². The fourth-order valence-electron chi connectivity index (χ4n) is 2.06. The third kappa shape index (κ3) is 2.20. The molecule has 0 aromatic heterocycles. The van der Waals surface area contributed by atoms with E-state index in [9.17, 15) is 4.79 Å². The third-order valence-corrected chi connectivity index (χ3v) is 3.60. The number of rotatable bonds is 4. The van der Waals surface area contributed by atoms with E-state index in [0.717, 1.165) is 5.69 Å². The normalized spacial score (nSPS) is 16.8. The molecule has 0 spiro atoms. The van der Waals surface area contributed by atoms with Gasteiger partial charge in [-0.2, -0.15) is 0 Å². The number of ether oxygens (including phenoxy) is 2. The van der Waals surface area contributed by atoms with Gasteiger partial charge < -0.3 is 14.8 Å². The van der Waals surface area contributed by atoms with E-state index in [1.807, 2.05) is 12.1 Å². The van der Waals surface area contributed by atoms with Crippen molar-refractivity contribution >= 4 is 11.7 Å². The fraction of sp³-hybridized carbons (Fsp3) is 0.500. The van der Waals surface area contributed by atoms with E-state index >= 15 is 0 Å². The van der Waals surface area contributed by atoms with E-state index in [1.54, 1.807) is 0 Å². The van der Waals surface area contributed by atoms with Crippen LogP contribution in [0.4, 0.5) is 5.69 Å². The van der Waals surface area contributed by atoms with Crippen LogP contribution in [0.1, 0.15) is 11.1 Å². The molecule has 1 aromatic rings. The molecule has 1 aliphatic rings. The monoisotopic (exact) mass is 249 g/mol. The smallest absolute Gasteiger partial charge is 0.318 e. The van der Waals surface area contributed by atoms with Crippen LogP contribution in [0.15, 0.2) is 18.2 Å². The molecule has 4 heteroatoms. The molecule has 0 radical (unpaired) electrons. The molecule has 18 heavy (non-hydrogen) atoms. The summed E-state index contributed by atoms with van der Waals surface area (Å²) in [6, 6.07) is 6.10. The Morgan fingerprint density at radius 3 is 2.72 bits per heavy atom. The molecule has 0 amide bonds. The first-order chi connectivity index (χ1) is 8.59. The highest BCUT2D eigenvalue weighted by Gasteiger charge is 2.47. The van der Waals surface area contributed by atoms with Gasteiger partial charge in [0.1, 0.15) is 5.41 Å². The lowest BCUT2D eigenvalue weighted by atomic mass is 9.86. The first-order valence-electron chi connectivity index (χ1n) is 6.05. The number of benzene rings is 1. The number of aryl methyl sites for hydroxylation is 1. The standard InChI is InChI=1S/C14H19NO3/c1-10-5-4-6-12(11(10)2)15-7-14(8-18-9-14)13(16)17-3/h4-6,15H,7-9H2,1-3H3. The van der Waals surface area contributed by atoms with Gasteiger partial charge in [0.25, 0.3) is 0 Å². The van der Waals surface area contributed by atoms with Crippen molar-refractivity contribution < 1.29 is 14.3 Å². The fourth-order valence-corrected chi connectivity index (χ4v) is 2.06. The molecule has 1 aliphatic heterocycles. The molecule has 98 valence electrons. The van der Waals surface area contributed by atoms with Crippen molar-refractivity contribution in [2.24, 2.45) is 5.41 Å². The van der Waals surface area contributed by atoms with Crippen molar-refractivity contribution in [3.05, 3.63) is 29.3 Å². The average Bonchev–Trinajstić information content (AvgIpc) is 2.32. The molecule has 1 aromatic carbocycles. The number of methoxy groups -OCH3 is 1. The first-order valence-corrected chi connectivity index (χ1v) is 6.05. The number of hydrogen-bond donors (Lipinski definition) is 1. The van der Waals surface area contributed by atoms with Crippen molar-refractivity contribution in [1.29, 1.82) is 0 Å². The van der Waals surface area contributed by atoms with E-state index in [4.69, 9.17) is 9.47 Å². The molecule has 2 rings (SSSR count). The van der Waals surface area contributed by atoms with Crippen molar-refractivity contribution in [3.63, 3.8) is 0 Å². The van der Waals surface area contributed by atoms with Gasteiger partial charge in [-0.15, -0.1) is 0 Å². The number of anilines is 1. The summed E-state index contributed by atoms with van der Waals surface area (Å²) in [5.41, 5.74) is 2.98. The molecule has 0 aliphatic carbocycles. The summed E-state index contributed by atoms with van der Waals surface area (Å²) in [7, 11) is 1.42. The van der Waals surface area contributed by atoms with E-state index in [-0.39, 0.29) is 5.97 Å². The van der Waals surface area contributed by atoms with Crippen LogP contribution in [-0.4, -0.2) is 32.8 Å². The van der Waals surface area contributed by atoms with E-state index in [1.165, 1.54) is 18.2 Å². The maximum Gasteiger partial charge on any atom is 0.318 e. The maximum atomic E-state index is 11.7. The zero-order chi connectivity index (χ0) is 13.2. The Balaban J connectivity index is 2.07. The lowest BCUT2D eigenvalue weighted by Gasteiger charge is -2.38. The molecule has 1 heterocycles. The minimum atomic E-state index is -0.523. The molecule has 0 atom stereocenters. The van der Waals surface area contributed by atoms with Crippen LogP contribution in [0, 0.1) is 19.3 Å². The number of hydrogen-bond acceptors (Lipinski definition) is 4. The highest BCUT2D eigenvalue weighted by Crippen LogP contribution is 2.30. The summed E-state index contributed by atoms with van der Waals surface area (Å²) in [6.07, 6.45) is 0. The molecule has 0 saturated carbocycles. The van der Waals surface area contributed by atoms with E-state index < -0.39 is 5.41 Å². The van der Waals surface area contributed by atoms with Crippen LogP contribution in [0.25, 0.3) is 0 Å². The summed E-state index contributed by atoms with van der Waals surface area (Å²) in [5, 5.41) is 3.33. The molecule has 1 saturated heterocycles. The van der Waals surface area contributed by atoms with Gasteiger partial charge in [0, 0.05) is 12.2 Å². The van der Waals surface area contributed by atoms with Gasteiger partial charge in [-0.1, -0.05) is 12.1 Å². The van der Waals surface area contributed by atoms with Crippen LogP contribution in [0.2, 0.25) is 0 Å². The van der Waals surface area contributed by atoms with Crippen molar-refractivity contribution in [2.75, 3.05) is 32.2 Å². The van der Waals surface area contributed by atoms with Gasteiger partial charge in [-0.05, 0) is 31.0 Å². The van der Waals surface area contributed by atoms with Gasteiger partial charge in [0.2, 0.25) is 0 Å². The lowest BCUT2D eigenvalue weighted by molar-refractivity contribution is -0.180. The van der Waals surface area contributed by atoms with Gasteiger partial charge >= 0.3 is 5.97 Å². The second-order valence-electron chi connectivity index (χ2n) is 4.87. The predicted molar refractivity (Wildman–Crippen MR) is 69.7 cm³/mol. The Morgan fingerprint density at radius 1 is 1.44 bits per heavy atom. The van der Waals surface area contributed by atoms with Crippen LogP contribution in [0.5, 0.6) is 0 Å². The van der Waals surface area contributed by atoms with Crippen molar-refractivity contribution in [1.82, 2.24) is 0 Å². The van der Waals surface area contributed by atoms with Gasteiger partial charge in [-0.25, -0.2) is 0 Å². The summed E-state index contributed by atoms with van der Waals surface area (Å²) < 4.78 is 10.0. The molecule has 4 nitrogen and oxygen atoms in total. The topological polar surface area (TPSA) is 47.6 Å². The predicted octanol–water partition coefficient (Wildman–Crippen LogP) is 1.90. The number of carbonyl (C=O) groups excluding carboxylic acids is 1. The molecule has 0 bridgehead atoms. The Kier molecular flexibility index (Phi) is 3.57. The highest BCUT2D eigenvalue weighted by molar-refractivity contribution is 5.79. The Hall–Kier alpha value is -1.55. The van der Waals surface area contributed by atoms with Gasteiger partial charge in [-0.3, -0.25) is 4.79 Å². The molecule has 0 unspecified atom stereocenters. The van der Waals surface area contributed by atoms with Gasteiger partial charge in [0.05, 0.1) is 20.3 Å². The minimum absolute atomic E-state index is 0.202. The first kappa shape index (κ1) is 12.9. The molecule has 1 N–H and O–H groups in total. The van der Waals surface area contributed by atoms with Crippen LogP contribution in [0.3, 0.4) is 0 Å². The zero-order valence-electron chi connectivity index (χ0n) is 11.1. The number of nitrogens with one attached hydrogen (secondary N) is 1. The zero-order valence-corrected chi connectivity index (χ0v) is 11.1. The SMILES string of the molecule is COC(=O)C1(CNc2cccc(C)c2C)COC1. The number of carbonyl (C=O) groups is 1. The summed E-state index contributed by atoms with van der Waals surface area (Å²) in [5.74, 6) is -0.202. The molecular formula is C14H19NO3. The van der Waals surface area contributed by atoms with Crippen LogP contribution >= 0.6 is 0 Å². The summed E-state index contributed by atoms with van der Waals surface area (Å²) in [6.45, 7) is 5.54. The number of esters is 1. The summed E-state index contributed by atoms with van der Waals surface area (Å²) >= 11 is 0.